The molecule has 0 aliphatic heterocycles. The lowest BCUT2D eigenvalue weighted by Gasteiger charge is -2.35. The van der Waals surface area contributed by atoms with Crippen molar-refractivity contribution in [1.82, 2.24) is 9.55 Å². The van der Waals surface area contributed by atoms with Gasteiger partial charge in [0.25, 0.3) is 0 Å². The number of rotatable bonds is 1. The third-order valence-electron chi connectivity index (χ3n) is 9.23. The molecule has 0 unspecified atom stereocenters. The molecule has 40 heavy (non-hydrogen) atoms. The highest BCUT2D eigenvalue weighted by Gasteiger charge is 2.48. The molecule has 0 bridgehead atoms. The van der Waals surface area contributed by atoms with Gasteiger partial charge in [0.05, 0.1) is 10.9 Å². The zero-order valence-corrected chi connectivity index (χ0v) is 22.0. The SMILES string of the molecule is c1ccc2c(c1)CCc1ccccc1C21c2ccccc2-c2cc(-n3c4ccccc4c4cccnc43)ccc21. The van der Waals surface area contributed by atoms with Crippen LogP contribution in [0, 0.1) is 0 Å². The summed E-state index contributed by atoms with van der Waals surface area (Å²) in [4.78, 5) is 4.85. The zero-order valence-electron chi connectivity index (χ0n) is 22.0. The highest BCUT2D eigenvalue weighted by Crippen LogP contribution is 2.58. The maximum atomic E-state index is 4.85. The highest BCUT2D eigenvalue weighted by molar-refractivity contribution is 6.08. The molecule has 2 aliphatic rings. The van der Waals surface area contributed by atoms with Crippen molar-refractivity contribution in [2.45, 2.75) is 18.3 Å². The number of hydrogen-bond acceptors (Lipinski definition) is 1. The second-order valence-corrected chi connectivity index (χ2v) is 11.1. The standard InChI is InChI=1S/C38H26N2/c1-5-15-32-25(10-1)19-20-26-11-2-6-16-33(26)38(32)34-17-7-3-12-28(34)31-24-27(21-22-35(31)38)40-36-18-8-4-13-29(36)30-14-9-23-39-37(30)40/h1-18,21-24H,19-20H2. The highest BCUT2D eigenvalue weighted by atomic mass is 15.0. The molecule has 1 spiro atoms. The molecule has 7 aromatic rings. The van der Waals surface area contributed by atoms with E-state index in [1.807, 2.05) is 12.3 Å². The normalized spacial score (nSPS) is 14.5. The van der Waals surface area contributed by atoms with Gasteiger partial charge < -0.3 is 0 Å². The summed E-state index contributed by atoms with van der Waals surface area (Å²) in [5, 5.41) is 2.41. The monoisotopic (exact) mass is 510 g/mol. The quantitative estimate of drug-likeness (QED) is 0.216. The van der Waals surface area contributed by atoms with E-state index < -0.39 is 0 Å². The molecular formula is C38H26N2. The first-order valence-electron chi connectivity index (χ1n) is 14.1. The van der Waals surface area contributed by atoms with E-state index >= 15 is 0 Å². The predicted molar refractivity (Wildman–Crippen MR) is 163 cm³/mol. The van der Waals surface area contributed by atoms with E-state index in [0.29, 0.717) is 0 Å². The smallest absolute Gasteiger partial charge is 0.145 e. The lowest BCUT2D eigenvalue weighted by molar-refractivity contribution is 0.762. The summed E-state index contributed by atoms with van der Waals surface area (Å²) in [5.41, 5.74) is 14.1. The Morgan fingerprint density at radius 1 is 0.525 bits per heavy atom. The second-order valence-electron chi connectivity index (χ2n) is 11.1. The van der Waals surface area contributed by atoms with Crippen LogP contribution in [0.2, 0.25) is 0 Å². The molecular weight excluding hydrogens is 484 g/mol. The van der Waals surface area contributed by atoms with Crippen molar-refractivity contribution in [1.29, 1.82) is 0 Å². The van der Waals surface area contributed by atoms with E-state index in [1.54, 1.807) is 0 Å². The minimum atomic E-state index is -0.340. The first-order chi connectivity index (χ1) is 19.9. The van der Waals surface area contributed by atoms with Crippen molar-refractivity contribution in [2.24, 2.45) is 0 Å². The summed E-state index contributed by atoms with van der Waals surface area (Å²) in [7, 11) is 0. The fourth-order valence-corrected chi connectivity index (χ4v) is 7.67. The van der Waals surface area contributed by atoms with Crippen LogP contribution in [0.3, 0.4) is 0 Å². The van der Waals surface area contributed by atoms with Gasteiger partial charge in [0.15, 0.2) is 0 Å². The zero-order chi connectivity index (χ0) is 26.3. The van der Waals surface area contributed by atoms with Gasteiger partial charge in [-0.1, -0.05) is 97.1 Å². The molecule has 2 aliphatic carbocycles. The van der Waals surface area contributed by atoms with E-state index in [2.05, 4.69) is 126 Å². The molecule has 0 amide bonds. The van der Waals surface area contributed by atoms with Gasteiger partial charge in [0.2, 0.25) is 0 Å². The molecule has 188 valence electrons. The van der Waals surface area contributed by atoms with Crippen LogP contribution >= 0.6 is 0 Å². The largest absolute Gasteiger partial charge is 0.294 e. The molecule has 0 saturated heterocycles. The van der Waals surface area contributed by atoms with Gasteiger partial charge in [-0.15, -0.1) is 0 Å². The van der Waals surface area contributed by atoms with Gasteiger partial charge in [-0.2, -0.15) is 0 Å². The summed E-state index contributed by atoms with van der Waals surface area (Å²) in [6.45, 7) is 0. The minimum absolute atomic E-state index is 0.340. The summed E-state index contributed by atoms with van der Waals surface area (Å²) in [5.74, 6) is 0. The van der Waals surface area contributed by atoms with Crippen molar-refractivity contribution in [3.05, 3.63) is 167 Å². The molecule has 2 heterocycles. The Labute approximate surface area is 233 Å². The number of fused-ring (bicyclic) bond motifs is 12. The van der Waals surface area contributed by atoms with Crippen LogP contribution < -0.4 is 0 Å². The van der Waals surface area contributed by atoms with E-state index in [0.717, 1.165) is 24.2 Å². The minimum Gasteiger partial charge on any atom is -0.294 e. The van der Waals surface area contributed by atoms with Crippen molar-refractivity contribution in [2.75, 3.05) is 0 Å². The van der Waals surface area contributed by atoms with Gasteiger partial charge in [0.1, 0.15) is 5.65 Å². The lowest BCUT2D eigenvalue weighted by Crippen LogP contribution is -2.29. The number of benzene rings is 5. The van der Waals surface area contributed by atoms with Crippen LogP contribution in [0.25, 0.3) is 38.8 Å². The van der Waals surface area contributed by atoms with Crippen LogP contribution in [0.1, 0.15) is 33.4 Å². The van der Waals surface area contributed by atoms with E-state index in [1.165, 1.54) is 60.8 Å². The van der Waals surface area contributed by atoms with E-state index in [4.69, 9.17) is 4.98 Å². The molecule has 0 fully saturated rings. The average molecular weight is 511 g/mol. The van der Waals surface area contributed by atoms with Crippen LogP contribution in [-0.4, -0.2) is 9.55 Å². The molecule has 2 aromatic heterocycles. The fourth-order valence-electron chi connectivity index (χ4n) is 7.67. The topological polar surface area (TPSA) is 17.8 Å². The predicted octanol–water partition coefficient (Wildman–Crippen LogP) is 8.64. The fraction of sp³-hybridized carbons (Fsp3) is 0.0789. The number of pyridine rings is 1. The first kappa shape index (κ1) is 21.9. The third kappa shape index (κ3) is 2.70. The molecule has 2 heteroatoms. The van der Waals surface area contributed by atoms with E-state index in [-0.39, 0.29) is 5.41 Å². The summed E-state index contributed by atoms with van der Waals surface area (Å²) in [6, 6.07) is 47.3. The van der Waals surface area contributed by atoms with Crippen LogP contribution in [0.4, 0.5) is 0 Å². The van der Waals surface area contributed by atoms with Gasteiger partial charge in [-0.3, -0.25) is 4.57 Å². The number of para-hydroxylation sites is 1. The Balaban J connectivity index is 1.41. The van der Waals surface area contributed by atoms with Gasteiger partial charge >= 0.3 is 0 Å². The number of hydrogen-bond donors (Lipinski definition) is 0. The Kier molecular flexibility index (Phi) is 4.40. The third-order valence-corrected chi connectivity index (χ3v) is 9.23. The Hall–Kier alpha value is -4.95. The molecule has 0 N–H and O–H groups in total. The van der Waals surface area contributed by atoms with Gasteiger partial charge in [-0.05, 0) is 87.7 Å². The molecule has 9 rings (SSSR count). The van der Waals surface area contributed by atoms with Crippen LogP contribution in [0.15, 0.2) is 134 Å². The molecule has 0 radical (unpaired) electrons. The van der Waals surface area contributed by atoms with E-state index in [9.17, 15) is 0 Å². The summed E-state index contributed by atoms with van der Waals surface area (Å²) < 4.78 is 2.33. The van der Waals surface area contributed by atoms with Crippen molar-refractivity contribution in [3.8, 4) is 16.8 Å². The molecule has 5 aromatic carbocycles. The maximum absolute atomic E-state index is 4.85. The van der Waals surface area contributed by atoms with Crippen molar-refractivity contribution >= 4 is 21.9 Å². The average Bonchev–Trinajstić information content (AvgIpc) is 3.45. The Morgan fingerprint density at radius 3 is 1.95 bits per heavy atom. The summed E-state index contributed by atoms with van der Waals surface area (Å²) >= 11 is 0. The van der Waals surface area contributed by atoms with Crippen LogP contribution in [-0.2, 0) is 18.3 Å². The van der Waals surface area contributed by atoms with Crippen molar-refractivity contribution in [3.63, 3.8) is 0 Å². The van der Waals surface area contributed by atoms with Crippen molar-refractivity contribution < 1.29 is 0 Å². The molecule has 0 saturated carbocycles. The van der Waals surface area contributed by atoms with Gasteiger partial charge in [0, 0.05) is 22.7 Å². The number of aryl methyl sites for hydroxylation is 2. The Bertz CT molecular complexity index is 2030. The van der Waals surface area contributed by atoms with Crippen LogP contribution in [0.5, 0.6) is 0 Å². The maximum Gasteiger partial charge on any atom is 0.145 e. The molecule has 2 nitrogen and oxygen atoms in total. The Morgan fingerprint density at radius 2 is 1.15 bits per heavy atom. The molecule has 0 atom stereocenters. The van der Waals surface area contributed by atoms with Gasteiger partial charge in [-0.25, -0.2) is 4.98 Å². The number of nitrogens with zero attached hydrogens (tertiary/aromatic N) is 2. The number of aromatic nitrogens is 2. The summed E-state index contributed by atoms with van der Waals surface area (Å²) in [6.07, 6.45) is 4.00. The first-order valence-corrected chi connectivity index (χ1v) is 14.1. The second kappa shape index (κ2) is 8.03. The lowest BCUT2D eigenvalue weighted by atomic mass is 9.66.